The molecule has 2 heterocycles. The van der Waals surface area contributed by atoms with Gasteiger partial charge < -0.3 is 15.4 Å². The van der Waals surface area contributed by atoms with Gasteiger partial charge in [0.05, 0.1) is 18.0 Å². The first kappa shape index (κ1) is 12.8. The first-order valence-corrected chi connectivity index (χ1v) is 6.02. The van der Waals surface area contributed by atoms with Gasteiger partial charge in [-0.25, -0.2) is 4.98 Å². The molecule has 0 aliphatic carbocycles. The van der Waals surface area contributed by atoms with Gasteiger partial charge in [-0.2, -0.15) is 0 Å². The zero-order valence-corrected chi connectivity index (χ0v) is 10.3. The molecule has 2 rings (SSSR count). The Balaban J connectivity index is 2.06. The maximum absolute atomic E-state index is 12.2. The van der Waals surface area contributed by atoms with Gasteiger partial charge >= 0.3 is 0 Å². The van der Waals surface area contributed by atoms with Crippen molar-refractivity contribution in [2.75, 3.05) is 18.5 Å². The molecular formula is C12H18N4O2. The number of aliphatic hydroxyl groups excluding tert-OH is 1. The highest BCUT2D eigenvalue weighted by Gasteiger charge is 2.28. The van der Waals surface area contributed by atoms with Crippen molar-refractivity contribution in [3.63, 3.8) is 0 Å². The second-order valence-corrected chi connectivity index (χ2v) is 4.66. The molecule has 4 N–H and O–H groups in total. The zero-order chi connectivity index (χ0) is 13.1. The smallest absolute Gasteiger partial charge is 0.272 e. The van der Waals surface area contributed by atoms with Crippen LogP contribution in [0.4, 0.5) is 5.69 Å². The Morgan fingerprint density at radius 1 is 1.61 bits per heavy atom. The maximum atomic E-state index is 12.2. The lowest BCUT2D eigenvalue weighted by molar-refractivity contribution is 0.0245. The summed E-state index contributed by atoms with van der Waals surface area (Å²) < 4.78 is 0. The highest BCUT2D eigenvalue weighted by atomic mass is 16.3. The highest BCUT2D eigenvalue weighted by Crippen LogP contribution is 2.18. The number of hydrazine groups is 1. The summed E-state index contributed by atoms with van der Waals surface area (Å²) in [6, 6.07) is 3.32. The first-order valence-electron chi connectivity index (χ1n) is 6.02. The number of nitrogen functional groups attached to an aromatic ring is 1. The van der Waals surface area contributed by atoms with Gasteiger partial charge in [-0.1, -0.05) is 6.92 Å². The molecular weight excluding hydrogens is 232 g/mol. The molecule has 2 unspecified atom stereocenters. The summed E-state index contributed by atoms with van der Waals surface area (Å²) in [5.74, 6) is 5.33. The summed E-state index contributed by atoms with van der Waals surface area (Å²) in [6.07, 6.45) is 1.87. The zero-order valence-electron chi connectivity index (χ0n) is 10.3. The van der Waals surface area contributed by atoms with Crippen molar-refractivity contribution in [3.8, 4) is 0 Å². The maximum Gasteiger partial charge on any atom is 0.272 e. The van der Waals surface area contributed by atoms with E-state index in [4.69, 9.17) is 5.84 Å². The van der Waals surface area contributed by atoms with Crippen molar-refractivity contribution in [2.24, 2.45) is 11.8 Å². The second kappa shape index (κ2) is 5.32. The standard InChI is InChI=1S/C12H18N4O2/c1-8-4-5-16(7-11(8)17)12(18)10-3-2-9(15-13)6-14-10/h2-3,6,8,11,15,17H,4-5,7,13H2,1H3. The molecule has 1 aliphatic heterocycles. The average Bonchev–Trinajstić information content (AvgIpc) is 2.41. The number of nitrogens with zero attached hydrogens (tertiary/aromatic N) is 2. The van der Waals surface area contributed by atoms with E-state index in [9.17, 15) is 9.90 Å². The van der Waals surface area contributed by atoms with Gasteiger partial charge in [-0.05, 0) is 24.5 Å². The van der Waals surface area contributed by atoms with Crippen LogP contribution in [0, 0.1) is 5.92 Å². The van der Waals surface area contributed by atoms with Crippen LogP contribution in [0.2, 0.25) is 0 Å². The van der Waals surface area contributed by atoms with Crippen LogP contribution in [-0.2, 0) is 0 Å². The number of likely N-dealkylation sites (tertiary alicyclic amines) is 1. The summed E-state index contributed by atoms with van der Waals surface area (Å²) in [5, 5.41) is 9.79. The van der Waals surface area contributed by atoms with E-state index in [0.29, 0.717) is 24.5 Å². The Labute approximate surface area is 106 Å². The van der Waals surface area contributed by atoms with E-state index in [1.165, 1.54) is 6.20 Å². The number of hydrogen-bond donors (Lipinski definition) is 3. The number of pyridine rings is 1. The fourth-order valence-corrected chi connectivity index (χ4v) is 2.00. The summed E-state index contributed by atoms with van der Waals surface area (Å²) in [7, 11) is 0. The Hall–Kier alpha value is -1.66. The molecule has 6 nitrogen and oxygen atoms in total. The number of hydrogen-bond acceptors (Lipinski definition) is 5. The Morgan fingerprint density at radius 2 is 2.39 bits per heavy atom. The molecule has 1 aromatic rings. The molecule has 1 fully saturated rings. The van der Waals surface area contributed by atoms with Gasteiger partial charge in [0.1, 0.15) is 5.69 Å². The Kier molecular flexibility index (Phi) is 3.78. The molecule has 0 bridgehead atoms. The largest absolute Gasteiger partial charge is 0.391 e. The molecule has 1 aliphatic rings. The number of amides is 1. The van der Waals surface area contributed by atoms with Crippen molar-refractivity contribution in [1.29, 1.82) is 0 Å². The summed E-state index contributed by atoms with van der Waals surface area (Å²) >= 11 is 0. The van der Waals surface area contributed by atoms with E-state index in [0.717, 1.165) is 6.42 Å². The third-order valence-corrected chi connectivity index (χ3v) is 3.36. The number of β-amino-alcohol motifs (C(OH)–C–C–N with tert-alkyl or cyclic N) is 1. The lowest BCUT2D eigenvalue weighted by Gasteiger charge is -2.34. The van der Waals surface area contributed by atoms with E-state index in [2.05, 4.69) is 10.4 Å². The molecule has 1 aromatic heterocycles. The van der Waals surface area contributed by atoms with Crippen LogP contribution in [-0.4, -0.2) is 40.1 Å². The number of nitrogens with one attached hydrogen (secondary N) is 1. The predicted octanol–water partition coefficient (Wildman–Crippen LogP) is 0.210. The minimum Gasteiger partial charge on any atom is -0.391 e. The molecule has 0 radical (unpaired) electrons. The van der Waals surface area contributed by atoms with Crippen molar-refractivity contribution >= 4 is 11.6 Å². The number of carbonyl (C=O) groups excluding carboxylic acids is 1. The van der Waals surface area contributed by atoms with Crippen molar-refractivity contribution in [1.82, 2.24) is 9.88 Å². The van der Waals surface area contributed by atoms with E-state index in [1.807, 2.05) is 6.92 Å². The van der Waals surface area contributed by atoms with Crippen molar-refractivity contribution in [3.05, 3.63) is 24.0 Å². The van der Waals surface area contributed by atoms with Gasteiger partial charge in [-0.15, -0.1) is 0 Å². The second-order valence-electron chi connectivity index (χ2n) is 4.66. The van der Waals surface area contributed by atoms with Crippen LogP contribution in [0.25, 0.3) is 0 Å². The predicted molar refractivity (Wildman–Crippen MR) is 67.7 cm³/mol. The minimum atomic E-state index is -0.451. The SMILES string of the molecule is CC1CCN(C(=O)c2ccc(NN)cn2)CC1O. The molecule has 98 valence electrons. The van der Waals surface area contributed by atoms with Crippen LogP contribution in [0.1, 0.15) is 23.8 Å². The van der Waals surface area contributed by atoms with E-state index in [1.54, 1.807) is 17.0 Å². The third kappa shape index (κ3) is 2.60. The third-order valence-electron chi connectivity index (χ3n) is 3.36. The minimum absolute atomic E-state index is 0.149. The number of carbonyl (C=O) groups is 1. The first-order chi connectivity index (χ1) is 8.61. The van der Waals surface area contributed by atoms with Crippen LogP contribution >= 0.6 is 0 Å². The van der Waals surface area contributed by atoms with Gasteiger partial charge in [0.2, 0.25) is 0 Å². The van der Waals surface area contributed by atoms with E-state index in [-0.39, 0.29) is 11.8 Å². The number of rotatable bonds is 2. The van der Waals surface area contributed by atoms with E-state index >= 15 is 0 Å². The lowest BCUT2D eigenvalue weighted by atomic mass is 9.96. The van der Waals surface area contributed by atoms with Gasteiger partial charge in [0, 0.05) is 13.1 Å². The van der Waals surface area contributed by atoms with E-state index < -0.39 is 6.10 Å². The number of aliphatic hydroxyl groups is 1. The summed E-state index contributed by atoms with van der Waals surface area (Å²) in [6.45, 7) is 3.03. The molecule has 0 spiro atoms. The number of anilines is 1. The number of nitrogens with two attached hydrogens (primary N) is 1. The fraction of sp³-hybridized carbons (Fsp3) is 0.500. The Bertz CT molecular complexity index is 421. The molecule has 0 aromatic carbocycles. The quantitative estimate of drug-likeness (QED) is 0.515. The molecule has 6 heteroatoms. The van der Waals surface area contributed by atoms with Crippen LogP contribution in [0.15, 0.2) is 18.3 Å². The van der Waals surface area contributed by atoms with Gasteiger partial charge in [0.15, 0.2) is 0 Å². The Morgan fingerprint density at radius 3 is 2.94 bits per heavy atom. The molecule has 1 saturated heterocycles. The molecule has 2 atom stereocenters. The monoisotopic (exact) mass is 250 g/mol. The number of aromatic nitrogens is 1. The molecule has 1 amide bonds. The average molecular weight is 250 g/mol. The molecule has 0 saturated carbocycles. The van der Waals surface area contributed by atoms with Gasteiger partial charge in [0.25, 0.3) is 5.91 Å². The van der Waals surface area contributed by atoms with Gasteiger partial charge in [-0.3, -0.25) is 10.6 Å². The topological polar surface area (TPSA) is 91.5 Å². The normalized spacial score (nSPS) is 23.8. The van der Waals surface area contributed by atoms with Crippen LogP contribution in [0.5, 0.6) is 0 Å². The highest BCUT2D eigenvalue weighted by molar-refractivity contribution is 5.92. The van der Waals surface area contributed by atoms with Crippen molar-refractivity contribution in [2.45, 2.75) is 19.4 Å². The lowest BCUT2D eigenvalue weighted by Crippen LogP contribution is -2.46. The number of piperidine rings is 1. The summed E-state index contributed by atoms with van der Waals surface area (Å²) in [4.78, 5) is 17.8. The van der Waals surface area contributed by atoms with Crippen LogP contribution in [0.3, 0.4) is 0 Å². The fourth-order valence-electron chi connectivity index (χ4n) is 2.00. The van der Waals surface area contributed by atoms with Crippen LogP contribution < -0.4 is 11.3 Å². The molecule has 18 heavy (non-hydrogen) atoms. The summed E-state index contributed by atoms with van der Waals surface area (Å²) in [5.41, 5.74) is 3.48. The van der Waals surface area contributed by atoms with Crippen molar-refractivity contribution < 1.29 is 9.90 Å².